The number of likely N-dealkylation sites (tertiary alicyclic amines) is 1. The van der Waals surface area contributed by atoms with Crippen molar-refractivity contribution in [1.82, 2.24) is 4.48 Å². The molecule has 0 aliphatic carbocycles. The summed E-state index contributed by atoms with van der Waals surface area (Å²) in [6.07, 6.45) is 1.41. The van der Waals surface area contributed by atoms with Crippen molar-refractivity contribution in [3.05, 3.63) is 54.6 Å². The standard InChI is InChI=1S/C22H30NO3/c1-4-25-20-12-8-9-13-21(20)26-17-22(24)14-15-23(3,18(2)16-22)19-10-6-5-7-11-19/h5-13,18,24H,4,14-17H2,1-3H3/q+1. The normalized spacial score (nSPS) is 28.5. The highest BCUT2D eigenvalue weighted by Crippen LogP contribution is 2.37. The van der Waals surface area contributed by atoms with Crippen molar-refractivity contribution in [2.24, 2.45) is 0 Å². The Kier molecular flexibility index (Phi) is 5.54. The predicted molar refractivity (Wildman–Crippen MR) is 106 cm³/mol. The van der Waals surface area contributed by atoms with E-state index < -0.39 is 5.60 Å². The number of para-hydroxylation sites is 3. The van der Waals surface area contributed by atoms with Gasteiger partial charge in [0.05, 0.1) is 26.2 Å². The molecule has 140 valence electrons. The Morgan fingerprint density at radius 2 is 1.65 bits per heavy atom. The molecule has 1 heterocycles. The Hall–Kier alpha value is -2.04. The molecule has 0 amide bonds. The van der Waals surface area contributed by atoms with Gasteiger partial charge in [-0.3, -0.25) is 4.48 Å². The number of hydrogen-bond donors (Lipinski definition) is 1. The minimum Gasteiger partial charge on any atom is -0.490 e. The van der Waals surface area contributed by atoms with Crippen molar-refractivity contribution in [3.63, 3.8) is 0 Å². The summed E-state index contributed by atoms with van der Waals surface area (Å²) in [5.74, 6) is 1.42. The molecule has 2 aromatic carbocycles. The second kappa shape index (κ2) is 7.68. The molecule has 0 bridgehead atoms. The summed E-state index contributed by atoms with van der Waals surface area (Å²) in [5.41, 5.74) is 0.482. The van der Waals surface area contributed by atoms with Crippen molar-refractivity contribution >= 4 is 5.69 Å². The van der Waals surface area contributed by atoms with Crippen molar-refractivity contribution < 1.29 is 14.6 Å². The molecule has 1 aliphatic heterocycles. The minimum absolute atomic E-state index is 0.288. The summed E-state index contributed by atoms with van der Waals surface area (Å²) in [5, 5.41) is 11.1. The third-order valence-corrected chi connectivity index (χ3v) is 5.68. The van der Waals surface area contributed by atoms with E-state index in [2.05, 4.69) is 38.2 Å². The van der Waals surface area contributed by atoms with E-state index in [0.717, 1.165) is 16.8 Å². The molecule has 26 heavy (non-hydrogen) atoms. The lowest BCUT2D eigenvalue weighted by Gasteiger charge is -2.48. The van der Waals surface area contributed by atoms with Gasteiger partial charge in [0, 0.05) is 12.8 Å². The van der Waals surface area contributed by atoms with E-state index in [1.54, 1.807) is 0 Å². The number of quaternary nitrogens is 1. The fraction of sp³-hybridized carbons (Fsp3) is 0.455. The summed E-state index contributed by atoms with van der Waals surface area (Å²) in [6, 6.07) is 18.5. The van der Waals surface area contributed by atoms with Gasteiger partial charge in [-0.25, -0.2) is 0 Å². The molecular weight excluding hydrogens is 326 g/mol. The van der Waals surface area contributed by atoms with Gasteiger partial charge in [0.15, 0.2) is 11.5 Å². The average Bonchev–Trinajstić information content (AvgIpc) is 2.66. The third kappa shape index (κ3) is 3.87. The van der Waals surface area contributed by atoms with Crippen LogP contribution in [0, 0.1) is 0 Å². The van der Waals surface area contributed by atoms with E-state index >= 15 is 0 Å². The highest BCUT2D eigenvalue weighted by atomic mass is 16.5. The predicted octanol–water partition coefficient (Wildman–Crippen LogP) is 4.01. The number of benzene rings is 2. The van der Waals surface area contributed by atoms with Crippen LogP contribution in [0.1, 0.15) is 26.7 Å². The van der Waals surface area contributed by atoms with E-state index in [0.29, 0.717) is 31.2 Å². The fourth-order valence-corrected chi connectivity index (χ4v) is 3.85. The van der Waals surface area contributed by atoms with Gasteiger partial charge in [-0.05, 0) is 38.1 Å². The lowest BCUT2D eigenvalue weighted by atomic mass is 9.85. The number of hydrogen-bond acceptors (Lipinski definition) is 3. The Bertz CT molecular complexity index is 720. The highest BCUT2D eigenvalue weighted by Gasteiger charge is 2.46. The van der Waals surface area contributed by atoms with Gasteiger partial charge in [0.25, 0.3) is 0 Å². The van der Waals surface area contributed by atoms with E-state index in [1.165, 1.54) is 5.69 Å². The quantitative estimate of drug-likeness (QED) is 0.795. The summed E-state index contributed by atoms with van der Waals surface area (Å²) < 4.78 is 12.4. The first-order valence-corrected chi connectivity index (χ1v) is 9.45. The largest absolute Gasteiger partial charge is 0.490 e. The number of nitrogens with zero attached hydrogens (tertiary/aromatic N) is 1. The molecule has 4 nitrogen and oxygen atoms in total. The van der Waals surface area contributed by atoms with Crippen LogP contribution in [0.2, 0.25) is 0 Å². The maximum Gasteiger partial charge on any atom is 0.161 e. The van der Waals surface area contributed by atoms with E-state index in [4.69, 9.17) is 9.47 Å². The third-order valence-electron chi connectivity index (χ3n) is 5.68. The van der Waals surface area contributed by atoms with Gasteiger partial charge in [-0.15, -0.1) is 0 Å². The molecule has 3 unspecified atom stereocenters. The second-order valence-corrected chi connectivity index (χ2v) is 7.52. The Morgan fingerprint density at radius 1 is 1.04 bits per heavy atom. The van der Waals surface area contributed by atoms with Crippen LogP contribution in [-0.2, 0) is 0 Å². The van der Waals surface area contributed by atoms with Crippen LogP contribution in [0.5, 0.6) is 11.5 Å². The smallest absolute Gasteiger partial charge is 0.161 e. The maximum absolute atomic E-state index is 11.1. The van der Waals surface area contributed by atoms with Gasteiger partial charge in [-0.1, -0.05) is 30.3 Å². The monoisotopic (exact) mass is 356 g/mol. The highest BCUT2D eigenvalue weighted by molar-refractivity contribution is 5.43. The fourth-order valence-electron chi connectivity index (χ4n) is 3.85. The summed E-state index contributed by atoms with van der Waals surface area (Å²) in [6.45, 7) is 5.93. The molecule has 1 aliphatic rings. The van der Waals surface area contributed by atoms with Crippen LogP contribution in [0.25, 0.3) is 0 Å². The first-order chi connectivity index (χ1) is 12.5. The zero-order chi connectivity index (χ0) is 18.6. The van der Waals surface area contributed by atoms with Gasteiger partial charge in [-0.2, -0.15) is 0 Å². The van der Waals surface area contributed by atoms with Crippen LogP contribution >= 0.6 is 0 Å². The maximum atomic E-state index is 11.1. The Morgan fingerprint density at radius 3 is 2.27 bits per heavy atom. The van der Waals surface area contributed by atoms with E-state index in [9.17, 15) is 5.11 Å². The van der Waals surface area contributed by atoms with Gasteiger partial charge >= 0.3 is 0 Å². The second-order valence-electron chi connectivity index (χ2n) is 7.52. The molecule has 4 heteroatoms. The van der Waals surface area contributed by atoms with Gasteiger partial charge in [0.2, 0.25) is 0 Å². The van der Waals surface area contributed by atoms with Crippen molar-refractivity contribution in [2.75, 3.05) is 26.8 Å². The molecule has 1 fully saturated rings. The molecule has 3 rings (SSSR count). The Balaban J connectivity index is 1.68. The topological polar surface area (TPSA) is 38.7 Å². The average molecular weight is 356 g/mol. The number of rotatable bonds is 6. The summed E-state index contributed by atoms with van der Waals surface area (Å²) in [4.78, 5) is 0. The molecule has 0 aromatic heterocycles. The van der Waals surface area contributed by atoms with Gasteiger partial charge in [0.1, 0.15) is 17.9 Å². The zero-order valence-electron chi connectivity index (χ0n) is 16.0. The lowest BCUT2D eigenvalue weighted by molar-refractivity contribution is -0.0630. The van der Waals surface area contributed by atoms with Crippen molar-refractivity contribution in [2.45, 2.75) is 38.3 Å². The SMILES string of the molecule is CCOc1ccccc1OCC1(O)CC[N+](C)(c2ccccc2)C(C)C1. The molecule has 0 spiro atoms. The number of aliphatic hydroxyl groups is 1. The minimum atomic E-state index is -0.814. The van der Waals surface area contributed by atoms with Crippen LogP contribution in [0.15, 0.2) is 54.6 Å². The number of ether oxygens (including phenoxy) is 2. The van der Waals surface area contributed by atoms with Crippen LogP contribution in [-0.4, -0.2) is 43.6 Å². The zero-order valence-corrected chi connectivity index (χ0v) is 16.0. The van der Waals surface area contributed by atoms with Crippen LogP contribution in [0.3, 0.4) is 0 Å². The summed E-state index contributed by atoms with van der Waals surface area (Å²) in [7, 11) is 2.25. The Labute approximate surface area is 156 Å². The van der Waals surface area contributed by atoms with E-state index in [1.807, 2.05) is 37.3 Å². The molecule has 1 saturated heterocycles. The first kappa shape index (κ1) is 18.7. The van der Waals surface area contributed by atoms with Crippen LogP contribution < -0.4 is 14.0 Å². The van der Waals surface area contributed by atoms with Crippen molar-refractivity contribution in [1.29, 1.82) is 0 Å². The van der Waals surface area contributed by atoms with Gasteiger partial charge < -0.3 is 14.6 Å². The first-order valence-electron chi connectivity index (χ1n) is 9.45. The van der Waals surface area contributed by atoms with E-state index in [-0.39, 0.29) is 6.61 Å². The lowest BCUT2D eigenvalue weighted by Crippen LogP contribution is -2.62. The molecule has 1 N–H and O–H groups in total. The number of piperidine rings is 1. The van der Waals surface area contributed by atoms with Crippen molar-refractivity contribution in [3.8, 4) is 11.5 Å². The molecule has 2 aromatic rings. The summed E-state index contributed by atoms with van der Waals surface area (Å²) >= 11 is 0. The molecule has 0 radical (unpaired) electrons. The molecule has 3 atom stereocenters. The van der Waals surface area contributed by atoms with Crippen LogP contribution in [0.4, 0.5) is 5.69 Å². The molecule has 0 saturated carbocycles. The molecular formula is C22H30NO3+.